The predicted octanol–water partition coefficient (Wildman–Crippen LogP) is 0.879. The van der Waals surface area contributed by atoms with Crippen LogP contribution in [0.1, 0.15) is 53.9 Å². The minimum Gasteiger partial charge on any atom is -0.467 e. The molecular weight excluding hydrogens is 538 g/mol. The Kier molecular flexibility index (Phi) is 6.98. The van der Waals surface area contributed by atoms with Crippen molar-refractivity contribution in [1.29, 1.82) is 0 Å². The number of aliphatic hydroxyl groups is 1. The van der Waals surface area contributed by atoms with Crippen molar-refractivity contribution in [3.63, 3.8) is 0 Å². The second-order valence-electron chi connectivity index (χ2n) is 12.6. The van der Waals surface area contributed by atoms with Crippen LogP contribution in [0.15, 0.2) is 23.0 Å². The van der Waals surface area contributed by atoms with E-state index in [1.807, 2.05) is 6.92 Å². The Morgan fingerprint density at radius 2 is 1.88 bits per heavy atom. The van der Waals surface area contributed by atoms with Crippen LogP contribution in [-0.4, -0.2) is 78.4 Å². The molecule has 224 valence electrons. The number of carbonyl (C=O) groups is 5. The van der Waals surface area contributed by atoms with Crippen molar-refractivity contribution < 1.29 is 52.8 Å². The number of rotatable bonds is 5. The highest BCUT2D eigenvalue weighted by Crippen LogP contribution is 2.72. The number of hydrogen-bond acceptors (Lipinski definition) is 12. The Hall–Kier alpha value is -3.09. The Morgan fingerprint density at radius 1 is 1.20 bits per heavy atom. The van der Waals surface area contributed by atoms with E-state index in [1.54, 1.807) is 20.8 Å². The van der Waals surface area contributed by atoms with Crippen LogP contribution in [0.2, 0.25) is 0 Å². The zero-order chi connectivity index (χ0) is 30.2. The van der Waals surface area contributed by atoms with E-state index in [1.165, 1.54) is 20.1 Å². The van der Waals surface area contributed by atoms with E-state index in [0.717, 1.165) is 0 Å². The second kappa shape index (κ2) is 9.74. The highest BCUT2D eigenvalue weighted by atomic mass is 16.6. The quantitative estimate of drug-likeness (QED) is 0.269. The van der Waals surface area contributed by atoms with Crippen molar-refractivity contribution in [3.05, 3.63) is 23.0 Å². The summed E-state index contributed by atoms with van der Waals surface area (Å²) in [6.07, 6.45) is -2.42. The molecular formula is C29H37NO11. The monoisotopic (exact) mass is 575 g/mol. The third-order valence-corrected chi connectivity index (χ3v) is 9.92. The number of methoxy groups -OCH3 is 1. The van der Waals surface area contributed by atoms with Crippen LogP contribution in [0, 0.1) is 28.6 Å². The van der Waals surface area contributed by atoms with Gasteiger partial charge in [-0.05, 0) is 51.0 Å². The van der Waals surface area contributed by atoms with Gasteiger partial charge in [-0.1, -0.05) is 12.5 Å². The van der Waals surface area contributed by atoms with Gasteiger partial charge < -0.3 is 34.5 Å². The van der Waals surface area contributed by atoms with E-state index in [9.17, 15) is 29.1 Å². The largest absolute Gasteiger partial charge is 0.467 e. The Morgan fingerprint density at radius 3 is 2.49 bits per heavy atom. The zero-order valence-electron chi connectivity index (χ0n) is 24.1. The van der Waals surface area contributed by atoms with Gasteiger partial charge in [-0.2, -0.15) is 0 Å². The molecule has 41 heavy (non-hydrogen) atoms. The molecule has 2 aliphatic heterocycles. The molecule has 4 fully saturated rings. The molecule has 5 rings (SSSR count). The maximum atomic E-state index is 13.5. The van der Waals surface area contributed by atoms with Crippen LogP contribution in [0.5, 0.6) is 0 Å². The maximum Gasteiger partial charge on any atom is 0.348 e. The minimum atomic E-state index is -1.77. The molecule has 0 radical (unpaired) electrons. The number of ketones is 1. The second-order valence-corrected chi connectivity index (χ2v) is 12.6. The first-order valence-electron chi connectivity index (χ1n) is 13.8. The molecule has 5 aliphatic rings. The molecule has 0 amide bonds. The normalized spacial score (nSPS) is 41.4. The summed E-state index contributed by atoms with van der Waals surface area (Å²) in [6.45, 7) is 8.32. The highest BCUT2D eigenvalue weighted by molar-refractivity contribution is 5.98. The first-order chi connectivity index (χ1) is 19.1. The summed E-state index contributed by atoms with van der Waals surface area (Å²) < 4.78 is 28.4. The van der Waals surface area contributed by atoms with Crippen LogP contribution >= 0.6 is 0 Å². The van der Waals surface area contributed by atoms with E-state index in [2.05, 4.69) is 0 Å². The van der Waals surface area contributed by atoms with Crippen molar-refractivity contribution in [3.8, 4) is 0 Å². The first kappa shape index (κ1) is 29.4. The standard InChI is InChI=1S/C29H37NO11/c1-12(2)7-19(33)40-21-23-28-11-38-29(23,26(36)37-6)10-17(32)22(28)27(5)9-16(31)20(41-24(34)14(4)30)13(3)15(27)8-18(28)39-25(21)35/h7,14-15,17-18,21-23,32H,8-11,30H2,1-6H3. The fraction of sp³-hybridized carbons (Fsp3) is 0.690. The smallest absolute Gasteiger partial charge is 0.348 e. The first-order valence-corrected chi connectivity index (χ1v) is 13.8. The van der Waals surface area contributed by atoms with Gasteiger partial charge in [0, 0.05) is 30.3 Å². The zero-order valence-corrected chi connectivity index (χ0v) is 24.1. The molecule has 0 aromatic heterocycles. The fourth-order valence-corrected chi connectivity index (χ4v) is 8.61. The summed E-state index contributed by atoms with van der Waals surface area (Å²) in [6, 6.07) is -0.945. The average molecular weight is 576 g/mol. The number of allylic oxidation sites excluding steroid dienone is 3. The minimum absolute atomic E-state index is 0.0825. The summed E-state index contributed by atoms with van der Waals surface area (Å²) in [5, 5.41) is 11.8. The van der Waals surface area contributed by atoms with Gasteiger partial charge in [-0.25, -0.2) is 19.2 Å². The number of carbonyl (C=O) groups excluding carboxylic acids is 5. The van der Waals surface area contributed by atoms with Gasteiger partial charge in [0.05, 0.1) is 25.7 Å². The molecule has 2 saturated heterocycles. The molecule has 10 atom stereocenters. The number of hydrogen-bond donors (Lipinski definition) is 2. The van der Waals surface area contributed by atoms with E-state index in [-0.39, 0.29) is 31.6 Å². The lowest BCUT2D eigenvalue weighted by molar-refractivity contribution is -0.269. The SMILES string of the molecule is COC(=O)C12CC(O)C3C4(C)CC(=O)C(OC(=O)C(C)N)=C(C)C4CC4OC(=O)C(OC(=O)C=C(C)C)C1C43CO2. The van der Waals surface area contributed by atoms with Gasteiger partial charge in [-0.15, -0.1) is 0 Å². The topological polar surface area (TPSA) is 178 Å². The van der Waals surface area contributed by atoms with Gasteiger partial charge in [0.2, 0.25) is 6.10 Å². The predicted molar refractivity (Wildman–Crippen MR) is 138 cm³/mol. The van der Waals surface area contributed by atoms with Crippen LogP contribution in [0.25, 0.3) is 0 Å². The summed E-state index contributed by atoms with van der Waals surface area (Å²) in [4.78, 5) is 65.5. The number of Topliss-reactive ketones (excluding diaryl/α,β-unsaturated/α-hetero) is 1. The van der Waals surface area contributed by atoms with E-state index >= 15 is 0 Å². The van der Waals surface area contributed by atoms with E-state index in [0.29, 0.717) is 11.1 Å². The Balaban J connectivity index is 1.66. The molecule has 3 aliphatic carbocycles. The third-order valence-electron chi connectivity index (χ3n) is 9.92. The van der Waals surface area contributed by atoms with E-state index < -0.39 is 88.2 Å². The van der Waals surface area contributed by atoms with Crippen molar-refractivity contribution in [2.24, 2.45) is 34.3 Å². The van der Waals surface area contributed by atoms with Gasteiger partial charge >= 0.3 is 23.9 Å². The van der Waals surface area contributed by atoms with Crippen LogP contribution < -0.4 is 5.73 Å². The van der Waals surface area contributed by atoms with Crippen LogP contribution in [-0.2, 0) is 47.7 Å². The third kappa shape index (κ3) is 4.01. The average Bonchev–Trinajstić information content (AvgIpc) is 3.12. The molecule has 2 saturated carbocycles. The summed E-state index contributed by atoms with van der Waals surface area (Å²) in [5.74, 6) is -5.85. The molecule has 0 aromatic rings. The molecule has 2 heterocycles. The van der Waals surface area contributed by atoms with Crippen molar-refractivity contribution >= 4 is 29.7 Å². The van der Waals surface area contributed by atoms with Crippen LogP contribution in [0.3, 0.4) is 0 Å². The highest BCUT2D eigenvalue weighted by Gasteiger charge is 2.82. The molecule has 2 bridgehead atoms. The van der Waals surface area contributed by atoms with Crippen LogP contribution in [0.4, 0.5) is 0 Å². The maximum absolute atomic E-state index is 13.5. The summed E-state index contributed by atoms with van der Waals surface area (Å²) in [7, 11) is 1.18. The summed E-state index contributed by atoms with van der Waals surface area (Å²) >= 11 is 0. The fourth-order valence-electron chi connectivity index (χ4n) is 8.61. The van der Waals surface area contributed by atoms with Gasteiger partial charge in [0.15, 0.2) is 17.1 Å². The number of ether oxygens (including phenoxy) is 5. The molecule has 12 nitrogen and oxygen atoms in total. The lowest BCUT2D eigenvalue weighted by Gasteiger charge is -2.66. The van der Waals surface area contributed by atoms with Gasteiger partial charge in [0.1, 0.15) is 12.1 Å². The lowest BCUT2D eigenvalue weighted by Crippen LogP contribution is -2.75. The lowest BCUT2D eigenvalue weighted by atomic mass is 9.38. The molecule has 1 spiro atoms. The number of esters is 4. The number of aliphatic hydroxyl groups excluding tert-OH is 1. The Bertz CT molecular complexity index is 1280. The van der Waals surface area contributed by atoms with Crippen molar-refractivity contribution in [1.82, 2.24) is 0 Å². The summed E-state index contributed by atoms with van der Waals surface area (Å²) in [5.41, 5.74) is 2.94. The van der Waals surface area contributed by atoms with E-state index in [4.69, 9.17) is 29.4 Å². The number of fused-ring (bicyclic) bond motifs is 2. The molecule has 12 heteroatoms. The number of nitrogens with two attached hydrogens (primary N) is 1. The van der Waals surface area contributed by atoms with Gasteiger partial charge in [-0.3, -0.25) is 4.79 Å². The molecule has 3 N–H and O–H groups in total. The Labute approximate surface area is 237 Å². The molecule has 0 aromatic carbocycles. The van der Waals surface area contributed by atoms with Crippen molar-refractivity contribution in [2.45, 2.75) is 83.8 Å². The molecule has 10 unspecified atom stereocenters. The van der Waals surface area contributed by atoms with Gasteiger partial charge in [0.25, 0.3) is 0 Å². The van der Waals surface area contributed by atoms with Crippen molar-refractivity contribution in [2.75, 3.05) is 13.7 Å².